The van der Waals surface area contributed by atoms with Gasteiger partial charge in [-0.25, -0.2) is 8.78 Å². The van der Waals surface area contributed by atoms with E-state index in [-0.39, 0.29) is 11.7 Å². The van der Waals surface area contributed by atoms with Crippen molar-refractivity contribution in [3.63, 3.8) is 0 Å². The number of carbonyl (C=O) groups excluding carboxylic acids is 2. The summed E-state index contributed by atoms with van der Waals surface area (Å²) in [5, 5.41) is 20.6. The van der Waals surface area contributed by atoms with Crippen molar-refractivity contribution in [3.8, 4) is 0 Å². The molecule has 4 rings (SSSR count). The van der Waals surface area contributed by atoms with Gasteiger partial charge in [0.1, 0.15) is 17.3 Å². The van der Waals surface area contributed by atoms with Crippen LogP contribution in [0.15, 0.2) is 60.0 Å². The molecule has 0 radical (unpaired) electrons. The molecule has 166 valence electrons. The number of nitrogens with one attached hydrogen (secondary N) is 2. The van der Waals surface area contributed by atoms with Gasteiger partial charge in [-0.3, -0.25) is 9.59 Å². The van der Waals surface area contributed by atoms with Crippen LogP contribution in [-0.4, -0.2) is 46.5 Å². The summed E-state index contributed by atoms with van der Waals surface area (Å²) in [5.41, 5.74) is 0.856. The highest BCUT2D eigenvalue weighted by atomic mass is 19.1. The minimum Gasteiger partial charge on any atom is -0.503 e. The standard InChI is InChI=1S/C24H23F2N3O3/c25-16-7-3-5-14(11-16)20(15-6-4-8-17(26)12-15)21-18-9-1-2-10-29(18)24(32)22(28-21)23(31)19(30)13-27/h3-8,11-13,18,20-21,27-28,31H,1-2,9-10H2/b23-22+,27-13?. The number of carbonyl (C=O) groups is 2. The van der Waals surface area contributed by atoms with Crippen LogP contribution in [0.2, 0.25) is 0 Å². The second kappa shape index (κ2) is 8.90. The lowest BCUT2D eigenvalue weighted by atomic mass is 9.77. The molecule has 0 saturated carbocycles. The number of fused-ring (bicyclic) bond motifs is 1. The van der Waals surface area contributed by atoms with E-state index in [1.54, 1.807) is 29.2 Å². The molecule has 1 amide bonds. The van der Waals surface area contributed by atoms with Gasteiger partial charge in [0.15, 0.2) is 5.76 Å². The van der Waals surface area contributed by atoms with Crippen molar-refractivity contribution in [2.45, 2.75) is 37.3 Å². The first kappa shape index (κ1) is 21.7. The Bertz CT molecular complexity index is 1060. The Kier molecular flexibility index (Phi) is 6.03. The average Bonchev–Trinajstić information content (AvgIpc) is 2.80. The lowest BCUT2D eigenvalue weighted by molar-refractivity contribution is -0.135. The van der Waals surface area contributed by atoms with Crippen LogP contribution in [-0.2, 0) is 9.59 Å². The second-order valence-corrected chi connectivity index (χ2v) is 8.05. The highest BCUT2D eigenvalue weighted by Crippen LogP contribution is 2.38. The minimum absolute atomic E-state index is 0.292. The number of halogens is 2. The normalized spacial score (nSPS) is 22.2. The number of amides is 1. The molecule has 2 fully saturated rings. The lowest BCUT2D eigenvalue weighted by Crippen LogP contribution is -2.63. The summed E-state index contributed by atoms with van der Waals surface area (Å²) in [6.07, 6.45) is 2.74. The Hall–Kier alpha value is -3.55. The van der Waals surface area contributed by atoms with Crippen molar-refractivity contribution in [3.05, 3.63) is 82.7 Å². The van der Waals surface area contributed by atoms with E-state index in [1.807, 2.05) is 0 Å². The number of piperazine rings is 1. The van der Waals surface area contributed by atoms with E-state index in [2.05, 4.69) is 5.32 Å². The number of ketones is 1. The summed E-state index contributed by atoms with van der Waals surface area (Å²) in [4.78, 5) is 26.6. The van der Waals surface area contributed by atoms with Crippen LogP contribution >= 0.6 is 0 Å². The van der Waals surface area contributed by atoms with Crippen LogP contribution in [0.1, 0.15) is 36.3 Å². The molecule has 2 atom stereocenters. The van der Waals surface area contributed by atoms with Crippen LogP contribution in [0.4, 0.5) is 8.78 Å². The fourth-order valence-electron chi connectivity index (χ4n) is 4.72. The molecule has 0 aliphatic carbocycles. The Balaban J connectivity index is 1.88. The van der Waals surface area contributed by atoms with E-state index in [4.69, 9.17) is 5.41 Å². The first-order valence-corrected chi connectivity index (χ1v) is 10.5. The van der Waals surface area contributed by atoms with Gasteiger partial charge >= 0.3 is 0 Å². The molecule has 2 saturated heterocycles. The van der Waals surface area contributed by atoms with Gasteiger partial charge in [0, 0.05) is 12.5 Å². The van der Waals surface area contributed by atoms with E-state index in [0.717, 1.165) is 12.8 Å². The second-order valence-electron chi connectivity index (χ2n) is 8.05. The number of rotatable bonds is 5. The number of nitrogens with zero attached hydrogens (tertiary/aromatic N) is 1. The number of aliphatic hydroxyl groups is 1. The van der Waals surface area contributed by atoms with Crippen LogP contribution < -0.4 is 5.32 Å². The molecule has 2 aromatic rings. The number of aliphatic hydroxyl groups excluding tert-OH is 1. The Morgan fingerprint density at radius 3 is 2.31 bits per heavy atom. The Morgan fingerprint density at radius 2 is 1.75 bits per heavy atom. The maximum Gasteiger partial charge on any atom is 0.274 e. The molecule has 0 bridgehead atoms. The average molecular weight is 439 g/mol. The summed E-state index contributed by atoms with van der Waals surface area (Å²) in [6, 6.07) is 11.1. The summed E-state index contributed by atoms with van der Waals surface area (Å²) >= 11 is 0. The van der Waals surface area contributed by atoms with Crippen molar-refractivity contribution in [1.82, 2.24) is 10.2 Å². The smallest absolute Gasteiger partial charge is 0.274 e. The van der Waals surface area contributed by atoms with Crippen molar-refractivity contribution in [2.75, 3.05) is 6.54 Å². The zero-order valence-corrected chi connectivity index (χ0v) is 17.2. The minimum atomic E-state index is -0.997. The monoisotopic (exact) mass is 439 g/mol. The van der Waals surface area contributed by atoms with Gasteiger partial charge in [-0.05, 0) is 54.7 Å². The number of allylic oxidation sites excluding steroid dienone is 1. The van der Waals surface area contributed by atoms with Gasteiger partial charge in [0.2, 0.25) is 5.78 Å². The number of piperidine rings is 1. The van der Waals surface area contributed by atoms with E-state index in [9.17, 15) is 23.5 Å². The summed E-state index contributed by atoms with van der Waals surface area (Å²) in [7, 11) is 0. The van der Waals surface area contributed by atoms with Crippen LogP contribution in [0.3, 0.4) is 0 Å². The van der Waals surface area contributed by atoms with Crippen molar-refractivity contribution >= 4 is 17.9 Å². The molecular formula is C24H23F2N3O3. The van der Waals surface area contributed by atoms with Crippen LogP contribution in [0.25, 0.3) is 0 Å². The number of hydrogen-bond acceptors (Lipinski definition) is 5. The third-order valence-corrected chi connectivity index (χ3v) is 6.13. The van der Waals surface area contributed by atoms with Gasteiger partial charge in [0.25, 0.3) is 5.91 Å². The first-order chi connectivity index (χ1) is 15.4. The molecule has 6 nitrogen and oxygen atoms in total. The molecule has 3 N–H and O–H groups in total. The van der Waals surface area contributed by atoms with Crippen molar-refractivity contribution in [1.29, 1.82) is 5.41 Å². The first-order valence-electron chi connectivity index (χ1n) is 10.5. The third kappa shape index (κ3) is 4.00. The van der Waals surface area contributed by atoms with Gasteiger partial charge in [-0.1, -0.05) is 24.3 Å². The predicted molar refractivity (Wildman–Crippen MR) is 114 cm³/mol. The highest BCUT2D eigenvalue weighted by Gasteiger charge is 2.45. The Labute approximate surface area is 184 Å². The zero-order chi connectivity index (χ0) is 22.8. The summed E-state index contributed by atoms with van der Waals surface area (Å²) in [5.74, 6) is -3.82. The van der Waals surface area contributed by atoms with Gasteiger partial charge in [-0.15, -0.1) is 0 Å². The molecule has 2 aliphatic heterocycles. The fraction of sp³-hybridized carbons (Fsp3) is 0.292. The van der Waals surface area contributed by atoms with E-state index >= 15 is 0 Å². The highest BCUT2D eigenvalue weighted by molar-refractivity contribution is 6.34. The van der Waals surface area contributed by atoms with Crippen LogP contribution in [0, 0.1) is 17.0 Å². The fourth-order valence-corrected chi connectivity index (χ4v) is 4.72. The van der Waals surface area contributed by atoms with Gasteiger partial charge in [0.05, 0.1) is 18.3 Å². The van der Waals surface area contributed by atoms with Crippen LogP contribution in [0.5, 0.6) is 0 Å². The molecule has 0 aromatic heterocycles. The van der Waals surface area contributed by atoms with Crippen molar-refractivity contribution < 1.29 is 23.5 Å². The molecule has 8 heteroatoms. The maximum absolute atomic E-state index is 14.2. The van der Waals surface area contributed by atoms with E-state index in [0.29, 0.717) is 30.3 Å². The third-order valence-electron chi connectivity index (χ3n) is 6.13. The maximum atomic E-state index is 14.2. The summed E-state index contributed by atoms with van der Waals surface area (Å²) < 4.78 is 28.3. The zero-order valence-electron chi connectivity index (χ0n) is 17.2. The topological polar surface area (TPSA) is 93.5 Å². The van der Waals surface area contributed by atoms with E-state index < -0.39 is 41.0 Å². The summed E-state index contributed by atoms with van der Waals surface area (Å²) in [6.45, 7) is 0.441. The molecule has 2 unspecified atom stereocenters. The number of benzene rings is 2. The molecule has 2 aromatic carbocycles. The Morgan fingerprint density at radius 1 is 1.12 bits per heavy atom. The number of hydrogen-bond donors (Lipinski definition) is 3. The lowest BCUT2D eigenvalue weighted by Gasteiger charge is -2.48. The predicted octanol–water partition coefficient (Wildman–Crippen LogP) is 3.44. The number of Topliss-reactive ketones (excluding diaryl/α,β-unsaturated/α-hetero) is 1. The molecule has 32 heavy (non-hydrogen) atoms. The SMILES string of the molecule is N=CC(=O)/C(O)=C1\NC(C(c2cccc(F)c2)c2cccc(F)c2)C2CCCCN2C1=O. The van der Waals surface area contributed by atoms with Crippen molar-refractivity contribution in [2.24, 2.45) is 0 Å². The van der Waals surface area contributed by atoms with E-state index in [1.165, 1.54) is 24.3 Å². The molecule has 2 aliphatic rings. The molecule has 2 heterocycles. The van der Waals surface area contributed by atoms with Gasteiger partial charge in [-0.2, -0.15) is 0 Å². The molecular weight excluding hydrogens is 416 g/mol. The quantitative estimate of drug-likeness (QED) is 0.378. The van der Waals surface area contributed by atoms with Gasteiger partial charge < -0.3 is 20.7 Å². The largest absolute Gasteiger partial charge is 0.503 e. The molecule has 0 spiro atoms.